The van der Waals surface area contributed by atoms with Gasteiger partial charge < -0.3 is 16.2 Å². The van der Waals surface area contributed by atoms with Crippen molar-refractivity contribution in [2.24, 2.45) is 5.73 Å². The smallest absolute Gasteiger partial charge is 0.259 e. The minimum absolute atomic E-state index is 0.0522. The van der Waals surface area contributed by atoms with Gasteiger partial charge in [-0.05, 0) is 31.2 Å². The van der Waals surface area contributed by atoms with Gasteiger partial charge in [0.1, 0.15) is 5.75 Å². The van der Waals surface area contributed by atoms with Crippen molar-refractivity contribution in [1.29, 1.82) is 0 Å². The summed E-state index contributed by atoms with van der Waals surface area (Å²) in [6, 6.07) is 12.1. The summed E-state index contributed by atoms with van der Waals surface area (Å²) in [5, 5.41) is 12.6. The van der Waals surface area contributed by atoms with Crippen molar-refractivity contribution in [1.82, 2.24) is 0 Å². The molecule has 0 heterocycles. The van der Waals surface area contributed by atoms with Crippen LogP contribution in [-0.2, 0) is 0 Å². The van der Waals surface area contributed by atoms with Crippen molar-refractivity contribution in [3.63, 3.8) is 0 Å². The van der Waals surface area contributed by atoms with Gasteiger partial charge in [0.25, 0.3) is 5.91 Å². The summed E-state index contributed by atoms with van der Waals surface area (Å²) in [6.07, 6.45) is 0. The van der Waals surface area contributed by atoms with Gasteiger partial charge >= 0.3 is 0 Å². The molecule has 2 aromatic rings. The molecule has 0 radical (unpaired) electrons. The second-order valence-electron chi connectivity index (χ2n) is 4.53. The summed E-state index contributed by atoms with van der Waals surface area (Å²) in [6.45, 7) is 2.11. The number of aromatic hydroxyl groups is 1. The maximum Gasteiger partial charge on any atom is 0.259 e. The van der Waals surface area contributed by atoms with E-state index >= 15 is 0 Å². The molecule has 106 valence electrons. The maximum absolute atomic E-state index is 12.3. The van der Waals surface area contributed by atoms with Gasteiger partial charge in [-0.1, -0.05) is 35.6 Å². The standard InChI is InChI=1S/C17H16N2O2/c1-12-8-9-16(20)14(11-12)17(21)19-15-7-3-2-5-13(15)6-4-10-18/h2-3,5,7-9,11,20H,10,18H2,1H3,(H,19,21). The third-order valence-electron chi connectivity index (χ3n) is 2.90. The summed E-state index contributed by atoms with van der Waals surface area (Å²) in [7, 11) is 0. The Hall–Kier alpha value is -2.77. The lowest BCUT2D eigenvalue weighted by Gasteiger charge is -2.09. The van der Waals surface area contributed by atoms with Crippen LogP contribution in [0, 0.1) is 18.8 Å². The number of phenolic OH excluding ortho intramolecular Hbond substituents is 1. The van der Waals surface area contributed by atoms with Crippen LogP contribution < -0.4 is 11.1 Å². The zero-order chi connectivity index (χ0) is 15.2. The monoisotopic (exact) mass is 280 g/mol. The van der Waals surface area contributed by atoms with E-state index in [2.05, 4.69) is 17.2 Å². The Bertz CT molecular complexity index is 727. The third-order valence-corrected chi connectivity index (χ3v) is 2.90. The van der Waals surface area contributed by atoms with Gasteiger partial charge in [0.2, 0.25) is 0 Å². The third kappa shape index (κ3) is 3.62. The first-order valence-electron chi connectivity index (χ1n) is 6.50. The van der Waals surface area contributed by atoms with Crippen LogP contribution in [0.15, 0.2) is 42.5 Å². The highest BCUT2D eigenvalue weighted by atomic mass is 16.3. The molecule has 4 N–H and O–H groups in total. The second kappa shape index (κ2) is 6.60. The first-order chi connectivity index (χ1) is 10.1. The number of hydrogen-bond acceptors (Lipinski definition) is 3. The summed E-state index contributed by atoms with van der Waals surface area (Å²) < 4.78 is 0. The molecule has 0 spiro atoms. The van der Waals surface area contributed by atoms with Crippen molar-refractivity contribution < 1.29 is 9.90 Å². The van der Waals surface area contributed by atoms with Gasteiger partial charge in [0.15, 0.2) is 0 Å². The lowest BCUT2D eigenvalue weighted by atomic mass is 10.1. The molecule has 4 heteroatoms. The van der Waals surface area contributed by atoms with Crippen molar-refractivity contribution in [2.45, 2.75) is 6.92 Å². The van der Waals surface area contributed by atoms with Crippen LogP contribution in [0.1, 0.15) is 21.5 Å². The van der Waals surface area contributed by atoms with Gasteiger partial charge in [-0.2, -0.15) is 0 Å². The number of carbonyl (C=O) groups is 1. The molecule has 21 heavy (non-hydrogen) atoms. The van der Waals surface area contributed by atoms with Crippen LogP contribution in [0.25, 0.3) is 0 Å². The van der Waals surface area contributed by atoms with Gasteiger partial charge in [-0.25, -0.2) is 0 Å². The summed E-state index contributed by atoms with van der Waals surface area (Å²) >= 11 is 0. The molecule has 0 bridgehead atoms. The Morgan fingerprint density at radius 1 is 1.29 bits per heavy atom. The minimum atomic E-state index is -0.377. The van der Waals surface area contributed by atoms with E-state index in [1.54, 1.807) is 30.3 Å². The SMILES string of the molecule is Cc1ccc(O)c(C(=O)Nc2ccccc2C#CCN)c1. The number of para-hydroxylation sites is 1. The molecule has 0 aromatic heterocycles. The van der Waals surface area contributed by atoms with E-state index in [-0.39, 0.29) is 23.8 Å². The maximum atomic E-state index is 12.3. The van der Waals surface area contributed by atoms with E-state index in [9.17, 15) is 9.90 Å². The molecule has 0 saturated carbocycles. The lowest BCUT2D eigenvalue weighted by molar-refractivity contribution is 0.102. The topological polar surface area (TPSA) is 75.3 Å². The first kappa shape index (κ1) is 14.6. The molecule has 0 atom stereocenters. The summed E-state index contributed by atoms with van der Waals surface area (Å²) in [4.78, 5) is 12.3. The number of nitrogens with two attached hydrogens (primary N) is 1. The van der Waals surface area contributed by atoms with E-state index in [0.717, 1.165) is 5.56 Å². The summed E-state index contributed by atoms with van der Waals surface area (Å²) in [5.41, 5.74) is 7.76. The number of aryl methyl sites for hydroxylation is 1. The van der Waals surface area contributed by atoms with E-state index in [1.165, 1.54) is 6.07 Å². The second-order valence-corrected chi connectivity index (χ2v) is 4.53. The van der Waals surface area contributed by atoms with Crippen LogP contribution in [-0.4, -0.2) is 17.6 Å². The largest absolute Gasteiger partial charge is 0.507 e. The number of rotatable bonds is 2. The highest BCUT2D eigenvalue weighted by Crippen LogP contribution is 2.21. The van der Waals surface area contributed by atoms with Gasteiger partial charge in [-0.15, -0.1) is 0 Å². The molecule has 2 aromatic carbocycles. The molecule has 0 fully saturated rings. The Labute approximate surface area is 123 Å². The number of nitrogens with one attached hydrogen (secondary N) is 1. The first-order valence-corrected chi connectivity index (χ1v) is 6.50. The van der Waals surface area contributed by atoms with Crippen LogP contribution in [0.5, 0.6) is 5.75 Å². The Morgan fingerprint density at radius 2 is 2.05 bits per heavy atom. The molecular weight excluding hydrogens is 264 g/mol. The molecule has 0 aliphatic heterocycles. The normalized spacial score (nSPS) is 9.62. The van der Waals surface area contributed by atoms with E-state index in [4.69, 9.17) is 5.73 Å². The fourth-order valence-electron chi connectivity index (χ4n) is 1.87. The highest BCUT2D eigenvalue weighted by molar-refractivity contribution is 6.06. The van der Waals surface area contributed by atoms with Crippen LogP contribution >= 0.6 is 0 Å². The number of phenols is 1. The van der Waals surface area contributed by atoms with E-state index in [1.807, 2.05) is 13.0 Å². The number of benzene rings is 2. The van der Waals surface area contributed by atoms with Gasteiger partial charge in [-0.3, -0.25) is 4.79 Å². The van der Waals surface area contributed by atoms with Crippen molar-refractivity contribution in [3.8, 4) is 17.6 Å². The molecule has 1 amide bonds. The molecule has 0 saturated heterocycles. The average Bonchev–Trinajstić information content (AvgIpc) is 2.48. The quantitative estimate of drug-likeness (QED) is 0.739. The molecule has 0 aliphatic rings. The zero-order valence-corrected chi connectivity index (χ0v) is 11.7. The number of hydrogen-bond donors (Lipinski definition) is 3. The minimum Gasteiger partial charge on any atom is -0.507 e. The van der Waals surface area contributed by atoms with E-state index in [0.29, 0.717) is 11.3 Å². The number of carbonyl (C=O) groups excluding carboxylic acids is 1. The predicted molar refractivity (Wildman–Crippen MR) is 83.2 cm³/mol. The van der Waals surface area contributed by atoms with Crippen LogP contribution in [0.4, 0.5) is 5.69 Å². The molecular formula is C17H16N2O2. The Morgan fingerprint density at radius 3 is 2.81 bits per heavy atom. The van der Waals surface area contributed by atoms with E-state index < -0.39 is 0 Å². The molecule has 4 nitrogen and oxygen atoms in total. The zero-order valence-electron chi connectivity index (χ0n) is 11.7. The Kier molecular flexibility index (Phi) is 4.60. The van der Waals surface area contributed by atoms with Crippen molar-refractivity contribution in [2.75, 3.05) is 11.9 Å². The number of anilines is 1. The average molecular weight is 280 g/mol. The fraction of sp³-hybridized carbons (Fsp3) is 0.118. The molecule has 0 unspecified atom stereocenters. The van der Waals surface area contributed by atoms with Gasteiger partial charge in [0, 0.05) is 5.56 Å². The predicted octanol–water partition coefficient (Wildman–Crippen LogP) is 2.26. The van der Waals surface area contributed by atoms with Crippen molar-refractivity contribution in [3.05, 3.63) is 59.2 Å². The summed E-state index contributed by atoms with van der Waals surface area (Å²) in [5.74, 6) is 5.23. The molecule has 0 aliphatic carbocycles. The van der Waals surface area contributed by atoms with Crippen LogP contribution in [0.3, 0.4) is 0 Å². The lowest BCUT2D eigenvalue weighted by Crippen LogP contribution is -2.13. The van der Waals surface area contributed by atoms with Crippen LogP contribution in [0.2, 0.25) is 0 Å². The van der Waals surface area contributed by atoms with Crippen molar-refractivity contribution >= 4 is 11.6 Å². The molecule has 2 rings (SSSR count). The highest BCUT2D eigenvalue weighted by Gasteiger charge is 2.12. The number of amides is 1. The Balaban J connectivity index is 2.30. The fourth-order valence-corrected chi connectivity index (χ4v) is 1.87. The van der Waals surface area contributed by atoms with Gasteiger partial charge in [0.05, 0.1) is 17.8 Å².